The SMILES string of the molecule is Cc1ccccc1OCC(=O)Nc1ccc(C(=O)NCCNC(=O)c2ccccc2)cc1. The summed E-state index contributed by atoms with van der Waals surface area (Å²) in [4.78, 5) is 36.3. The van der Waals surface area contributed by atoms with Gasteiger partial charge in [-0.05, 0) is 55.0 Å². The topological polar surface area (TPSA) is 96.5 Å². The third-order valence-electron chi connectivity index (χ3n) is 4.62. The van der Waals surface area contributed by atoms with Crippen LogP contribution in [0.5, 0.6) is 5.75 Å². The Balaban J connectivity index is 1.39. The first-order chi connectivity index (χ1) is 15.5. The molecule has 0 spiro atoms. The van der Waals surface area contributed by atoms with Crippen LogP contribution in [-0.4, -0.2) is 37.4 Å². The second kappa shape index (κ2) is 11.3. The Kier molecular flexibility index (Phi) is 7.97. The number of hydrogen-bond acceptors (Lipinski definition) is 4. The Bertz CT molecular complexity index is 1070. The smallest absolute Gasteiger partial charge is 0.262 e. The molecule has 3 amide bonds. The van der Waals surface area contributed by atoms with E-state index in [0.717, 1.165) is 5.56 Å². The lowest BCUT2D eigenvalue weighted by atomic mass is 10.2. The number of carbonyl (C=O) groups is 3. The fourth-order valence-corrected chi connectivity index (χ4v) is 2.91. The zero-order valence-electron chi connectivity index (χ0n) is 17.8. The number of amides is 3. The monoisotopic (exact) mass is 431 g/mol. The second-order valence-corrected chi connectivity index (χ2v) is 7.06. The summed E-state index contributed by atoms with van der Waals surface area (Å²) < 4.78 is 5.53. The average molecular weight is 431 g/mol. The highest BCUT2D eigenvalue weighted by Gasteiger charge is 2.08. The molecule has 3 N–H and O–H groups in total. The van der Waals surface area contributed by atoms with Crippen molar-refractivity contribution in [3.8, 4) is 5.75 Å². The van der Waals surface area contributed by atoms with Crippen LogP contribution in [0.2, 0.25) is 0 Å². The van der Waals surface area contributed by atoms with Crippen molar-refractivity contribution in [3.63, 3.8) is 0 Å². The first kappa shape index (κ1) is 22.6. The molecule has 0 aliphatic carbocycles. The summed E-state index contributed by atoms with van der Waals surface area (Å²) in [6.07, 6.45) is 0. The van der Waals surface area contributed by atoms with Gasteiger partial charge in [-0.1, -0.05) is 36.4 Å². The Labute approximate surface area is 186 Å². The zero-order chi connectivity index (χ0) is 22.8. The molecule has 0 atom stereocenters. The van der Waals surface area contributed by atoms with E-state index in [0.29, 0.717) is 35.7 Å². The number of nitrogens with one attached hydrogen (secondary N) is 3. The highest BCUT2D eigenvalue weighted by molar-refractivity contribution is 5.96. The molecular formula is C25H25N3O4. The van der Waals surface area contributed by atoms with Gasteiger partial charge in [0.1, 0.15) is 5.75 Å². The van der Waals surface area contributed by atoms with Crippen LogP contribution in [0.25, 0.3) is 0 Å². The lowest BCUT2D eigenvalue weighted by Crippen LogP contribution is -2.34. The van der Waals surface area contributed by atoms with Crippen LogP contribution >= 0.6 is 0 Å². The number of ether oxygens (including phenoxy) is 1. The van der Waals surface area contributed by atoms with Crippen LogP contribution in [0.1, 0.15) is 26.3 Å². The van der Waals surface area contributed by atoms with Crippen molar-refractivity contribution in [2.45, 2.75) is 6.92 Å². The van der Waals surface area contributed by atoms with E-state index in [1.807, 2.05) is 37.3 Å². The van der Waals surface area contributed by atoms with E-state index in [1.54, 1.807) is 48.5 Å². The van der Waals surface area contributed by atoms with Crippen LogP contribution in [0.15, 0.2) is 78.9 Å². The number of hydrogen-bond donors (Lipinski definition) is 3. The maximum Gasteiger partial charge on any atom is 0.262 e. The fraction of sp³-hybridized carbons (Fsp3) is 0.160. The van der Waals surface area contributed by atoms with Gasteiger partial charge in [0.25, 0.3) is 17.7 Å². The Morgan fingerprint density at radius 1 is 0.719 bits per heavy atom. The van der Waals surface area contributed by atoms with Crippen LogP contribution in [0.4, 0.5) is 5.69 Å². The fourth-order valence-electron chi connectivity index (χ4n) is 2.91. The van der Waals surface area contributed by atoms with Crippen molar-refractivity contribution in [1.82, 2.24) is 10.6 Å². The molecule has 0 bridgehead atoms. The Hall–Kier alpha value is -4.13. The first-order valence-corrected chi connectivity index (χ1v) is 10.2. The molecule has 7 heteroatoms. The largest absolute Gasteiger partial charge is 0.483 e. The first-order valence-electron chi connectivity index (χ1n) is 10.2. The van der Waals surface area contributed by atoms with Gasteiger partial charge >= 0.3 is 0 Å². The molecule has 7 nitrogen and oxygen atoms in total. The van der Waals surface area contributed by atoms with Gasteiger partial charge in [-0.3, -0.25) is 14.4 Å². The molecule has 0 unspecified atom stereocenters. The van der Waals surface area contributed by atoms with Crippen molar-refractivity contribution in [2.75, 3.05) is 25.0 Å². The molecule has 0 aliphatic heterocycles. The van der Waals surface area contributed by atoms with Gasteiger partial charge in [0.15, 0.2) is 6.61 Å². The van der Waals surface area contributed by atoms with Crippen molar-refractivity contribution in [2.24, 2.45) is 0 Å². The second-order valence-electron chi connectivity index (χ2n) is 7.06. The summed E-state index contributed by atoms with van der Waals surface area (Å²) in [6, 6.07) is 22.9. The van der Waals surface area contributed by atoms with E-state index in [2.05, 4.69) is 16.0 Å². The number of carbonyl (C=O) groups excluding carboxylic acids is 3. The summed E-state index contributed by atoms with van der Waals surface area (Å²) in [5.41, 5.74) is 2.54. The summed E-state index contributed by atoms with van der Waals surface area (Å²) >= 11 is 0. The molecule has 32 heavy (non-hydrogen) atoms. The van der Waals surface area contributed by atoms with E-state index in [9.17, 15) is 14.4 Å². The maximum atomic E-state index is 12.3. The molecule has 3 rings (SSSR count). The third-order valence-corrected chi connectivity index (χ3v) is 4.62. The lowest BCUT2D eigenvalue weighted by molar-refractivity contribution is -0.118. The minimum atomic E-state index is -0.292. The number of para-hydroxylation sites is 1. The molecule has 164 valence electrons. The summed E-state index contributed by atoms with van der Waals surface area (Å²) in [5.74, 6) is -0.0830. The van der Waals surface area contributed by atoms with Gasteiger partial charge in [-0.25, -0.2) is 0 Å². The van der Waals surface area contributed by atoms with E-state index in [4.69, 9.17) is 4.74 Å². The summed E-state index contributed by atoms with van der Waals surface area (Å²) in [6.45, 7) is 2.41. The Morgan fingerprint density at radius 2 is 1.28 bits per heavy atom. The molecular weight excluding hydrogens is 406 g/mol. The molecule has 0 saturated heterocycles. The molecule has 0 aliphatic rings. The van der Waals surface area contributed by atoms with Gasteiger partial charge in [0, 0.05) is 29.9 Å². The maximum absolute atomic E-state index is 12.3. The molecule has 3 aromatic carbocycles. The summed E-state index contributed by atoms with van der Waals surface area (Å²) in [7, 11) is 0. The van der Waals surface area contributed by atoms with Crippen LogP contribution in [0, 0.1) is 6.92 Å². The minimum absolute atomic E-state index is 0.109. The normalized spacial score (nSPS) is 10.2. The van der Waals surface area contributed by atoms with Gasteiger partial charge < -0.3 is 20.7 Å². The van der Waals surface area contributed by atoms with Crippen molar-refractivity contribution in [3.05, 3.63) is 95.6 Å². The number of anilines is 1. The standard InChI is InChI=1S/C25H25N3O4/c1-18-7-5-6-10-22(18)32-17-23(29)28-21-13-11-20(12-14-21)25(31)27-16-15-26-24(30)19-8-3-2-4-9-19/h2-14H,15-17H2,1H3,(H,26,30)(H,27,31)(H,28,29). The van der Waals surface area contributed by atoms with Crippen molar-refractivity contribution < 1.29 is 19.1 Å². The van der Waals surface area contributed by atoms with Gasteiger partial charge in [-0.15, -0.1) is 0 Å². The van der Waals surface area contributed by atoms with Gasteiger partial charge in [0.2, 0.25) is 0 Å². The zero-order valence-corrected chi connectivity index (χ0v) is 17.8. The van der Waals surface area contributed by atoms with E-state index in [-0.39, 0.29) is 24.3 Å². The Morgan fingerprint density at radius 3 is 1.91 bits per heavy atom. The van der Waals surface area contributed by atoms with Crippen LogP contribution in [0.3, 0.4) is 0 Å². The number of rotatable bonds is 9. The van der Waals surface area contributed by atoms with Crippen molar-refractivity contribution in [1.29, 1.82) is 0 Å². The van der Waals surface area contributed by atoms with Crippen molar-refractivity contribution >= 4 is 23.4 Å². The third kappa shape index (κ3) is 6.70. The average Bonchev–Trinajstić information content (AvgIpc) is 2.82. The van der Waals surface area contributed by atoms with E-state index < -0.39 is 0 Å². The van der Waals surface area contributed by atoms with E-state index in [1.165, 1.54) is 0 Å². The molecule has 3 aromatic rings. The predicted molar refractivity (Wildman–Crippen MR) is 123 cm³/mol. The number of benzene rings is 3. The predicted octanol–water partition coefficient (Wildman–Crippen LogP) is 3.17. The van der Waals surface area contributed by atoms with Crippen LogP contribution < -0.4 is 20.7 Å². The number of aryl methyl sites for hydroxylation is 1. The molecule has 0 heterocycles. The molecule has 0 radical (unpaired) electrons. The molecule has 0 saturated carbocycles. The lowest BCUT2D eigenvalue weighted by Gasteiger charge is -2.10. The summed E-state index contributed by atoms with van der Waals surface area (Å²) in [5, 5.41) is 8.23. The quantitative estimate of drug-likeness (QED) is 0.454. The minimum Gasteiger partial charge on any atom is -0.483 e. The molecule has 0 aromatic heterocycles. The van der Waals surface area contributed by atoms with E-state index >= 15 is 0 Å². The molecule has 0 fully saturated rings. The van der Waals surface area contributed by atoms with Crippen LogP contribution in [-0.2, 0) is 4.79 Å². The van der Waals surface area contributed by atoms with Gasteiger partial charge in [0.05, 0.1) is 0 Å². The highest BCUT2D eigenvalue weighted by Crippen LogP contribution is 2.16. The van der Waals surface area contributed by atoms with Gasteiger partial charge in [-0.2, -0.15) is 0 Å². The highest BCUT2D eigenvalue weighted by atomic mass is 16.5.